The van der Waals surface area contributed by atoms with Crippen LogP contribution in [0.1, 0.15) is 13.3 Å². The van der Waals surface area contributed by atoms with E-state index < -0.39 is 5.82 Å². The van der Waals surface area contributed by atoms with E-state index in [2.05, 4.69) is 0 Å². The molecule has 0 radical (unpaired) electrons. The largest absolute Gasteiger partial charge is 0.494 e. The summed E-state index contributed by atoms with van der Waals surface area (Å²) in [4.78, 5) is 0. The van der Waals surface area contributed by atoms with Gasteiger partial charge in [-0.25, -0.2) is 4.39 Å². The van der Waals surface area contributed by atoms with Crippen LogP contribution in [-0.2, 0) is 0 Å². The molecule has 2 N–H and O–H groups in total. The first-order valence-corrected chi connectivity index (χ1v) is 3.92. The molecule has 0 bridgehead atoms. The molecular formula is C9H12FNO. The van der Waals surface area contributed by atoms with Crippen LogP contribution in [0.15, 0.2) is 18.2 Å². The van der Waals surface area contributed by atoms with Gasteiger partial charge in [-0.2, -0.15) is 0 Å². The smallest absolute Gasteiger partial charge is 0.146 e. The number of benzene rings is 1. The second-order valence-corrected chi connectivity index (χ2v) is 2.53. The molecule has 0 amide bonds. The molecule has 0 aliphatic heterocycles. The predicted molar refractivity (Wildman–Crippen MR) is 46.6 cm³/mol. The molecular weight excluding hydrogens is 157 g/mol. The molecule has 66 valence electrons. The van der Waals surface area contributed by atoms with Crippen molar-refractivity contribution in [2.75, 3.05) is 12.3 Å². The van der Waals surface area contributed by atoms with E-state index in [-0.39, 0.29) is 5.69 Å². The standard InChI is InChI=1S/C9H12FNO/c1-2-5-12-7-3-4-8(10)9(11)6-7/h3-4,6H,2,5,11H2,1H3. The number of ether oxygens (including phenoxy) is 1. The van der Waals surface area contributed by atoms with Gasteiger partial charge in [0.15, 0.2) is 0 Å². The van der Waals surface area contributed by atoms with Gasteiger partial charge in [-0.05, 0) is 18.6 Å². The molecule has 0 aliphatic carbocycles. The van der Waals surface area contributed by atoms with E-state index in [9.17, 15) is 4.39 Å². The fourth-order valence-electron chi connectivity index (χ4n) is 0.832. The minimum atomic E-state index is -0.404. The Labute approximate surface area is 71.1 Å². The molecule has 2 nitrogen and oxygen atoms in total. The monoisotopic (exact) mass is 169 g/mol. The Bertz CT molecular complexity index is 263. The van der Waals surface area contributed by atoms with Gasteiger partial charge < -0.3 is 10.5 Å². The summed E-state index contributed by atoms with van der Waals surface area (Å²) < 4.78 is 17.9. The SMILES string of the molecule is CCCOc1ccc(F)c(N)c1. The number of hydrogen-bond donors (Lipinski definition) is 1. The van der Waals surface area contributed by atoms with Gasteiger partial charge in [-0.1, -0.05) is 6.92 Å². The first-order chi connectivity index (χ1) is 5.74. The molecule has 0 atom stereocenters. The first-order valence-electron chi connectivity index (χ1n) is 3.92. The van der Waals surface area contributed by atoms with E-state index in [1.54, 1.807) is 6.07 Å². The number of rotatable bonds is 3. The maximum Gasteiger partial charge on any atom is 0.146 e. The van der Waals surface area contributed by atoms with Gasteiger partial charge in [0.25, 0.3) is 0 Å². The number of nitrogens with two attached hydrogens (primary N) is 1. The van der Waals surface area contributed by atoms with Crippen LogP contribution in [0.5, 0.6) is 5.75 Å². The zero-order chi connectivity index (χ0) is 8.97. The summed E-state index contributed by atoms with van der Waals surface area (Å²) in [6.07, 6.45) is 0.928. The molecule has 0 fully saturated rings. The number of halogens is 1. The summed E-state index contributed by atoms with van der Waals surface area (Å²) in [5.74, 6) is 0.217. The molecule has 0 spiro atoms. The molecule has 0 aliphatic rings. The third kappa shape index (κ3) is 2.12. The van der Waals surface area contributed by atoms with Crippen LogP contribution in [0.3, 0.4) is 0 Å². The van der Waals surface area contributed by atoms with Crippen LogP contribution in [0, 0.1) is 5.82 Å². The van der Waals surface area contributed by atoms with Gasteiger partial charge in [0.1, 0.15) is 11.6 Å². The average Bonchev–Trinajstić information content (AvgIpc) is 2.07. The van der Waals surface area contributed by atoms with E-state index in [0.717, 1.165) is 6.42 Å². The van der Waals surface area contributed by atoms with Crippen LogP contribution >= 0.6 is 0 Å². The van der Waals surface area contributed by atoms with Crippen LogP contribution in [0.2, 0.25) is 0 Å². The lowest BCUT2D eigenvalue weighted by Crippen LogP contribution is -1.97. The topological polar surface area (TPSA) is 35.2 Å². The summed E-state index contributed by atoms with van der Waals surface area (Å²) >= 11 is 0. The maximum absolute atomic E-state index is 12.6. The van der Waals surface area contributed by atoms with Gasteiger partial charge in [-0.3, -0.25) is 0 Å². The molecule has 1 aromatic rings. The van der Waals surface area contributed by atoms with Crippen molar-refractivity contribution in [1.29, 1.82) is 0 Å². The van der Waals surface area contributed by atoms with Crippen molar-refractivity contribution in [2.24, 2.45) is 0 Å². The van der Waals surface area contributed by atoms with E-state index in [0.29, 0.717) is 12.4 Å². The predicted octanol–water partition coefficient (Wildman–Crippen LogP) is 2.20. The molecule has 1 aromatic carbocycles. The van der Waals surface area contributed by atoms with Crippen LogP contribution in [0.4, 0.5) is 10.1 Å². The highest BCUT2D eigenvalue weighted by atomic mass is 19.1. The summed E-state index contributed by atoms with van der Waals surface area (Å²) in [6.45, 7) is 2.64. The quantitative estimate of drug-likeness (QED) is 0.704. The van der Waals surface area contributed by atoms with Crippen LogP contribution in [0.25, 0.3) is 0 Å². The van der Waals surface area contributed by atoms with Crippen molar-refractivity contribution in [3.05, 3.63) is 24.0 Å². The maximum atomic E-state index is 12.6. The fraction of sp³-hybridized carbons (Fsp3) is 0.333. The fourth-order valence-corrected chi connectivity index (χ4v) is 0.832. The van der Waals surface area contributed by atoms with E-state index in [1.165, 1.54) is 12.1 Å². The Morgan fingerprint density at radius 1 is 1.50 bits per heavy atom. The highest BCUT2D eigenvalue weighted by Crippen LogP contribution is 2.18. The lowest BCUT2D eigenvalue weighted by atomic mass is 10.3. The Morgan fingerprint density at radius 3 is 2.83 bits per heavy atom. The third-order valence-electron chi connectivity index (χ3n) is 1.44. The highest BCUT2D eigenvalue weighted by Gasteiger charge is 1.99. The molecule has 1 rings (SSSR count). The van der Waals surface area contributed by atoms with Crippen molar-refractivity contribution < 1.29 is 9.13 Å². The third-order valence-corrected chi connectivity index (χ3v) is 1.44. The van der Waals surface area contributed by atoms with Gasteiger partial charge in [-0.15, -0.1) is 0 Å². The van der Waals surface area contributed by atoms with E-state index in [4.69, 9.17) is 10.5 Å². The number of hydrogen-bond acceptors (Lipinski definition) is 2. The minimum absolute atomic E-state index is 0.128. The van der Waals surface area contributed by atoms with Crippen LogP contribution < -0.4 is 10.5 Å². The summed E-state index contributed by atoms with van der Waals surface area (Å²) in [5, 5.41) is 0. The second kappa shape index (κ2) is 3.95. The van der Waals surface area contributed by atoms with Gasteiger partial charge >= 0.3 is 0 Å². The lowest BCUT2D eigenvalue weighted by Gasteiger charge is -2.04. The Kier molecular flexibility index (Phi) is 2.91. The summed E-state index contributed by atoms with van der Waals surface area (Å²) in [5.41, 5.74) is 5.47. The normalized spacial score (nSPS) is 9.83. The minimum Gasteiger partial charge on any atom is -0.494 e. The Hall–Kier alpha value is -1.25. The van der Waals surface area contributed by atoms with E-state index >= 15 is 0 Å². The van der Waals surface area contributed by atoms with Crippen molar-refractivity contribution in [3.63, 3.8) is 0 Å². The van der Waals surface area contributed by atoms with Crippen molar-refractivity contribution in [1.82, 2.24) is 0 Å². The first kappa shape index (κ1) is 8.84. The number of nitrogen functional groups attached to an aromatic ring is 1. The van der Waals surface area contributed by atoms with E-state index in [1.807, 2.05) is 6.92 Å². The Balaban J connectivity index is 2.69. The van der Waals surface area contributed by atoms with Crippen molar-refractivity contribution in [2.45, 2.75) is 13.3 Å². The summed E-state index contributed by atoms with van der Waals surface area (Å²) in [6, 6.07) is 4.37. The van der Waals surface area contributed by atoms with Crippen molar-refractivity contribution >= 4 is 5.69 Å². The average molecular weight is 169 g/mol. The molecule has 3 heteroatoms. The lowest BCUT2D eigenvalue weighted by molar-refractivity contribution is 0.317. The molecule has 0 heterocycles. The molecule has 12 heavy (non-hydrogen) atoms. The number of anilines is 1. The molecule has 0 aromatic heterocycles. The molecule has 0 saturated carbocycles. The molecule has 0 unspecified atom stereocenters. The Morgan fingerprint density at radius 2 is 2.25 bits per heavy atom. The van der Waals surface area contributed by atoms with Gasteiger partial charge in [0.2, 0.25) is 0 Å². The second-order valence-electron chi connectivity index (χ2n) is 2.53. The zero-order valence-electron chi connectivity index (χ0n) is 7.01. The van der Waals surface area contributed by atoms with Gasteiger partial charge in [0, 0.05) is 6.07 Å². The van der Waals surface area contributed by atoms with Crippen LogP contribution in [-0.4, -0.2) is 6.61 Å². The highest BCUT2D eigenvalue weighted by molar-refractivity contribution is 5.45. The summed E-state index contributed by atoms with van der Waals surface area (Å²) in [7, 11) is 0. The van der Waals surface area contributed by atoms with Gasteiger partial charge in [0.05, 0.1) is 12.3 Å². The molecule has 0 saturated heterocycles. The van der Waals surface area contributed by atoms with Crippen molar-refractivity contribution in [3.8, 4) is 5.75 Å². The zero-order valence-corrected chi connectivity index (χ0v) is 7.01.